The Labute approximate surface area is 199 Å². The molecule has 0 radical (unpaired) electrons. The highest BCUT2D eigenvalue weighted by molar-refractivity contribution is 6.33. The van der Waals surface area contributed by atoms with Gasteiger partial charge in [-0.2, -0.15) is 5.26 Å². The number of rotatable bonds is 15. The Hall–Kier alpha value is -2.83. The van der Waals surface area contributed by atoms with Crippen molar-refractivity contribution in [2.45, 2.75) is 31.8 Å². The van der Waals surface area contributed by atoms with E-state index in [9.17, 15) is 9.90 Å². The second kappa shape index (κ2) is 14.3. The topological polar surface area (TPSA) is 146 Å². The molecular formula is C24H32ClN5O3. The molecule has 0 aliphatic carbocycles. The molecule has 1 amide bonds. The zero-order valence-corrected chi connectivity index (χ0v) is 19.4. The highest BCUT2D eigenvalue weighted by Gasteiger charge is 2.12. The summed E-state index contributed by atoms with van der Waals surface area (Å²) in [7, 11) is 0. The predicted octanol–water partition coefficient (Wildman–Crippen LogP) is 3.20. The second-order valence-electron chi connectivity index (χ2n) is 7.69. The van der Waals surface area contributed by atoms with Crippen molar-refractivity contribution in [3.63, 3.8) is 0 Å². The van der Waals surface area contributed by atoms with Crippen LogP contribution in [-0.2, 0) is 4.74 Å². The molecule has 2 aromatic carbocycles. The molecule has 178 valence electrons. The van der Waals surface area contributed by atoms with E-state index in [1.54, 1.807) is 24.3 Å². The lowest BCUT2D eigenvalue weighted by Crippen LogP contribution is -2.22. The van der Waals surface area contributed by atoms with Gasteiger partial charge in [0.1, 0.15) is 6.07 Å². The summed E-state index contributed by atoms with van der Waals surface area (Å²) in [5, 5.41) is 26.1. The first kappa shape index (κ1) is 26.4. The van der Waals surface area contributed by atoms with Gasteiger partial charge in [-0.3, -0.25) is 4.79 Å². The quantitative estimate of drug-likeness (QED) is 0.197. The summed E-state index contributed by atoms with van der Waals surface area (Å²) in [5.41, 5.74) is 13.5. The van der Waals surface area contributed by atoms with Crippen LogP contribution in [0.2, 0.25) is 5.02 Å². The van der Waals surface area contributed by atoms with Crippen molar-refractivity contribution < 1.29 is 14.6 Å². The lowest BCUT2D eigenvalue weighted by atomic mass is 10.0. The van der Waals surface area contributed by atoms with E-state index in [2.05, 4.69) is 10.6 Å². The lowest BCUT2D eigenvalue weighted by Gasteiger charge is -2.14. The van der Waals surface area contributed by atoms with Crippen molar-refractivity contribution in [3.05, 3.63) is 58.1 Å². The first-order valence-corrected chi connectivity index (χ1v) is 11.4. The average Bonchev–Trinajstić information content (AvgIpc) is 2.81. The van der Waals surface area contributed by atoms with Gasteiger partial charge in [-0.1, -0.05) is 24.4 Å². The second-order valence-corrected chi connectivity index (χ2v) is 8.10. The molecule has 0 fully saturated rings. The molecule has 9 heteroatoms. The van der Waals surface area contributed by atoms with E-state index in [1.807, 2.05) is 18.2 Å². The van der Waals surface area contributed by atoms with E-state index in [0.717, 1.165) is 37.9 Å². The predicted molar refractivity (Wildman–Crippen MR) is 131 cm³/mol. The van der Waals surface area contributed by atoms with Crippen LogP contribution in [0, 0.1) is 11.3 Å². The number of nitrogens with two attached hydrogens (primary N) is 2. The van der Waals surface area contributed by atoms with E-state index >= 15 is 0 Å². The minimum Gasteiger partial charge on any atom is -0.396 e. The Bertz CT molecular complexity index is 931. The lowest BCUT2D eigenvalue weighted by molar-refractivity contribution is 0.1000. The van der Waals surface area contributed by atoms with Gasteiger partial charge in [-0.15, -0.1) is 0 Å². The van der Waals surface area contributed by atoms with Crippen molar-refractivity contribution >= 4 is 28.9 Å². The van der Waals surface area contributed by atoms with Crippen LogP contribution in [0.25, 0.3) is 0 Å². The molecular weight excluding hydrogens is 442 g/mol. The number of unbranched alkanes of at least 4 members (excludes halogenated alkanes) is 3. The highest BCUT2D eigenvalue weighted by Crippen LogP contribution is 2.27. The molecule has 2 aromatic rings. The fourth-order valence-corrected chi connectivity index (χ4v) is 3.44. The van der Waals surface area contributed by atoms with Gasteiger partial charge < -0.3 is 31.9 Å². The standard InChI is InChI=1S/C24H32ClN5O3/c25-21-14-18(13-19(15-26)23(21)27)22(31)16-29-9-3-1-2-4-11-33-12-10-30-20-7-5-17(6-8-20)24(28)32/h5-8,13-14,22,29-31H,1-4,9-12,16,27H2,(H2,28,32). The number of amides is 1. The van der Waals surface area contributed by atoms with Crippen LogP contribution in [0.5, 0.6) is 0 Å². The molecule has 33 heavy (non-hydrogen) atoms. The van der Waals surface area contributed by atoms with Crippen LogP contribution in [0.4, 0.5) is 11.4 Å². The number of primary amides is 1. The fraction of sp³-hybridized carbons (Fsp3) is 0.417. The Morgan fingerprint density at radius 1 is 1.12 bits per heavy atom. The molecule has 2 rings (SSSR count). The fourth-order valence-electron chi connectivity index (χ4n) is 3.21. The van der Waals surface area contributed by atoms with Gasteiger partial charge >= 0.3 is 0 Å². The van der Waals surface area contributed by atoms with Crippen molar-refractivity contribution in [2.75, 3.05) is 43.9 Å². The van der Waals surface area contributed by atoms with Gasteiger partial charge in [0, 0.05) is 30.9 Å². The number of nitrogens with one attached hydrogen (secondary N) is 2. The van der Waals surface area contributed by atoms with Gasteiger partial charge in [0.05, 0.1) is 29.0 Å². The number of hydrogen-bond donors (Lipinski definition) is 5. The molecule has 0 aromatic heterocycles. The third-order valence-electron chi connectivity index (χ3n) is 5.13. The van der Waals surface area contributed by atoms with Crippen LogP contribution in [0.1, 0.15) is 53.3 Å². The number of aliphatic hydroxyl groups is 1. The van der Waals surface area contributed by atoms with Gasteiger partial charge in [-0.05, 0) is 61.3 Å². The van der Waals surface area contributed by atoms with E-state index < -0.39 is 12.0 Å². The maximum Gasteiger partial charge on any atom is 0.248 e. The van der Waals surface area contributed by atoms with Crippen LogP contribution < -0.4 is 22.1 Å². The molecule has 1 unspecified atom stereocenters. The molecule has 1 atom stereocenters. The summed E-state index contributed by atoms with van der Waals surface area (Å²) in [6.45, 7) is 3.20. The van der Waals surface area contributed by atoms with E-state index in [-0.39, 0.29) is 16.3 Å². The van der Waals surface area contributed by atoms with Crippen LogP contribution in [0.3, 0.4) is 0 Å². The smallest absolute Gasteiger partial charge is 0.248 e. The summed E-state index contributed by atoms with van der Waals surface area (Å²) in [5.74, 6) is -0.433. The van der Waals surface area contributed by atoms with Gasteiger partial charge in [0.25, 0.3) is 0 Å². The largest absolute Gasteiger partial charge is 0.396 e. The van der Waals surface area contributed by atoms with Crippen LogP contribution >= 0.6 is 11.6 Å². The number of nitriles is 1. The van der Waals surface area contributed by atoms with Crippen LogP contribution in [0.15, 0.2) is 36.4 Å². The first-order chi connectivity index (χ1) is 15.9. The first-order valence-electron chi connectivity index (χ1n) is 11.0. The summed E-state index contributed by atoms with van der Waals surface area (Å²) in [6, 6.07) is 12.2. The van der Waals surface area contributed by atoms with Crippen molar-refractivity contribution in [3.8, 4) is 6.07 Å². The number of anilines is 2. The molecule has 0 spiro atoms. The van der Waals surface area contributed by atoms with Gasteiger partial charge in [0.2, 0.25) is 5.91 Å². The molecule has 0 bridgehead atoms. The summed E-state index contributed by atoms with van der Waals surface area (Å²) < 4.78 is 5.63. The maximum absolute atomic E-state index is 11.0. The number of carbonyl (C=O) groups excluding carboxylic acids is 1. The maximum atomic E-state index is 11.0. The van der Waals surface area contributed by atoms with Crippen molar-refractivity contribution in [1.29, 1.82) is 5.26 Å². The Balaban J connectivity index is 1.46. The SMILES string of the molecule is N#Cc1cc(C(O)CNCCCCCCOCCNc2ccc(C(N)=O)cc2)cc(Cl)c1N. The molecule has 0 aliphatic rings. The van der Waals surface area contributed by atoms with E-state index in [0.29, 0.717) is 37.4 Å². The molecule has 0 aliphatic heterocycles. The molecule has 7 N–H and O–H groups in total. The Morgan fingerprint density at radius 2 is 1.85 bits per heavy atom. The molecule has 0 saturated heterocycles. The molecule has 0 saturated carbocycles. The number of hydrogen-bond acceptors (Lipinski definition) is 7. The van der Waals surface area contributed by atoms with Crippen molar-refractivity contribution in [1.82, 2.24) is 5.32 Å². The number of benzene rings is 2. The number of aliphatic hydroxyl groups excluding tert-OH is 1. The highest BCUT2D eigenvalue weighted by atomic mass is 35.5. The Kier molecular flexibility index (Phi) is 11.5. The number of ether oxygens (including phenoxy) is 1. The third-order valence-corrected chi connectivity index (χ3v) is 5.44. The average molecular weight is 474 g/mol. The minimum atomic E-state index is -0.752. The van der Waals surface area contributed by atoms with Crippen molar-refractivity contribution in [2.24, 2.45) is 5.73 Å². The number of carbonyl (C=O) groups is 1. The zero-order valence-electron chi connectivity index (χ0n) is 18.6. The zero-order chi connectivity index (χ0) is 24.1. The normalized spacial score (nSPS) is 11.7. The number of halogens is 1. The summed E-state index contributed by atoms with van der Waals surface area (Å²) in [4.78, 5) is 11.0. The summed E-state index contributed by atoms with van der Waals surface area (Å²) >= 11 is 6.02. The van der Waals surface area contributed by atoms with Crippen LogP contribution in [-0.4, -0.2) is 43.9 Å². The van der Waals surface area contributed by atoms with Gasteiger partial charge in [-0.25, -0.2) is 0 Å². The monoisotopic (exact) mass is 473 g/mol. The van der Waals surface area contributed by atoms with E-state index in [4.69, 9.17) is 33.1 Å². The molecule has 0 heterocycles. The number of nitrogens with zero attached hydrogens (tertiary/aromatic N) is 1. The Morgan fingerprint density at radius 3 is 2.55 bits per heavy atom. The summed E-state index contributed by atoms with van der Waals surface area (Å²) in [6.07, 6.45) is 3.39. The van der Waals surface area contributed by atoms with Gasteiger partial charge in [0.15, 0.2) is 0 Å². The number of nitrogen functional groups attached to an aromatic ring is 1. The third kappa shape index (κ3) is 9.28. The molecule has 8 nitrogen and oxygen atoms in total. The minimum absolute atomic E-state index is 0.236. The van der Waals surface area contributed by atoms with E-state index in [1.165, 1.54) is 0 Å².